The van der Waals surface area contributed by atoms with Gasteiger partial charge in [-0.3, -0.25) is 0 Å². The van der Waals surface area contributed by atoms with Crippen molar-refractivity contribution in [2.75, 3.05) is 0 Å². The predicted molar refractivity (Wildman–Crippen MR) is 80.9 cm³/mol. The zero-order valence-corrected chi connectivity index (χ0v) is 12.6. The standard InChI is InChI=1S/C17H24N2/c1-6-15(17(3,4)5)16-11-13-9-7-8-10-14(13)12(2)18-19-16/h7-12,15H,6H2,1-5H3. The predicted octanol–water partition coefficient (Wildman–Crippen LogP) is 5.63. The Morgan fingerprint density at radius 3 is 2.53 bits per heavy atom. The van der Waals surface area contributed by atoms with E-state index in [0.717, 1.165) is 12.1 Å². The number of azo groups is 1. The van der Waals surface area contributed by atoms with Gasteiger partial charge in [0.25, 0.3) is 0 Å². The van der Waals surface area contributed by atoms with Gasteiger partial charge in [-0.15, -0.1) is 0 Å². The van der Waals surface area contributed by atoms with Gasteiger partial charge in [-0.05, 0) is 36.0 Å². The van der Waals surface area contributed by atoms with E-state index in [1.54, 1.807) is 0 Å². The van der Waals surface area contributed by atoms with Crippen LogP contribution < -0.4 is 0 Å². The second-order valence-corrected chi connectivity index (χ2v) is 6.42. The van der Waals surface area contributed by atoms with Crippen LogP contribution in [0.15, 0.2) is 40.2 Å². The van der Waals surface area contributed by atoms with Gasteiger partial charge in [0.15, 0.2) is 0 Å². The maximum absolute atomic E-state index is 4.54. The lowest BCUT2D eigenvalue weighted by atomic mass is 9.77. The zero-order valence-electron chi connectivity index (χ0n) is 12.6. The number of benzene rings is 1. The first kappa shape index (κ1) is 14.0. The van der Waals surface area contributed by atoms with Crippen LogP contribution in [0.1, 0.15) is 58.2 Å². The first-order chi connectivity index (χ1) is 8.93. The van der Waals surface area contributed by atoms with Gasteiger partial charge in [0, 0.05) is 5.92 Å². The van der Waals surface area contributed by atoms with Gasteiger partial charge >= 0.3 is 0 Å². The lowest BCUT2D eigenvalue weighted by Crippen LogP contribution is -2.21. The molecule has 0 saturated heterocycles. The summed E-state index contributed by atoms with van der Waals surface area (Å²) in [5, 5.41) is 9.03. The van der Waals surface area contributed by atoms with Crippen LogP contribution in [-0.2, 0) is 0 Å². The van der Waals surface area contributed by atoms with E-state index in [1.165, 1.54) is 11.1 Å². The summed E-state index contributed by atoms with van der Waals surface area (Å²) < 4.78 is 0. The third kappa shape index (κ3) is 2.94. The Morgan fingerprint density at radius 2 is 1.89 bits per heavy atom. The summed E-state index contributed by atoms with van der Waals surface area (Å²) >= 11 is 0. The van der Waals surface area contributed by atoms with Crippen molar-refractivity contribution >= 4 is 6.08 Å². The Bertz CT molecular complexity index is 506. The third-order valence-electron chi connectivity index (χ3n) is 3.91. The van der Waals surface area contributed by atoms with E-state index >= 15 is 0 Å². The molecule has 102 valence electrons. The topological polar surface area (TPSA) is 24.7 Å². The van der Waals surface area contributed by atoms with E-state index in [1.807, 2.05) is 0 Å². The fraction of sp³-hybridized carbons (Fsp3) is 0.529. The number of allylic oxidation sites excluding steroid dienone is 1. The van der Waals surface area contributed by atoms with Gasteiger partial charge in [0.05, 0.1) is 11.7 Å². The minimum absolute atomic E-state index is 0.141. The minimum Gasteiger partial charge on any atom is -0.181 e. The Balaban J connectivity index is 2.48. The molecule has 1 aliphatic rings. The number of hydrogen-bond donors (Lipinski definition) is 0. The molecule has 2 rings (SSSR count). The molecule has 0 aliphatic carbocycles. The maximum atomic E-state index is 4.54. The molecule has 0 amide bonds. The average Bonchev–Trinajstić information content (AvgIpc) is 2.49. The summed E-state index contributed by atoms with van der Waals surface area (Å²) in [6.07, 6.45) is 3.31. The van der Waals surface area contributed by atoms with Crippen LogP contribution in [0.3, 0.4) is 0 Å². The molecule has 2 unspecified atom stereocenters. The first-order valence-electron chi connectivity index (χ1n) is 7.15. The van der Waals surface area contributed by atoms with Crippen LogP contribution in [0.2, 0.25) is 0 Å². The summed E-state index contributed by atoms with van der Waals surface area (Å²) in [5.41, 5.74) is 3.86. The molecular formula is C17H24N2. The highest BCUT2D eigenvalue weighted by Crippen LogP contribution is 2.38. The Morgan fingerprint density at radius 1 is 1.21 bits per heavy atom. The minimum atomic E-state index is 0.141. The molecule has 0 saturated carbocycles. The molecule has 2 atom stereocenters. The van der Waals surface area contributed by atoms with E-state index < -0.39 is 0 Å². The molecular weight excluding hydrogens is 232 g/mol. The first-order valence-corrected chi connectivity index (χ1v) is 7.15. The van der Waals surface area contributed by atoms with Crippen LogP contribution >= 0.6 is 0 Å². The van der Waals surface area contributed by atoms with Crippen LogP contribution in [0.4, 0.5) is 0 Å². The smallest absolute Gasteiger partial charge is 0.0939 e. The lowest BCUT2D eigenvalue weighted by Gasteiger charge is -2.29. The number of rotatable bonds is 2. The van der Waals surface area contributed by atoms with E-state index in [-0.39, 0.29) is 11.5 Å². The van der Waals surface area contributed by atoms with Crippen molar-refractivity contribution in [2.24, 2.45) is 21.6 Å². The van der Waals surface area contributed by atoms with Gasteiger partial charge < -0.3 is 0 Å². The molecule has 1 aromatic carbocycles. The maximum Gasteiger partial charge on any atom is 0.0939 e. The lowest BCUT2D eigenvalue weighted by molar-refractivity contribution is 0.270. The summed E-state index contributed by atoms with van der Waals surface area (Å²) in [5.74, 6) is 0.439. The highest BCUT2D eigenvalue weighted by Gasteiger charge is 2.28. The fourth-order valence-electron chi connectivity index (χ4n) is 2.86. The molecule has 0 bridgehead atoms. The van der Waals surface area contributed by atoms with Gasteiger partial charge in [0.1, 0.15) is 0 Å². The van der Waals surface area contributed by atoms with Gasteiger partial charge in [-0.2, -0.15) is 10.2 Å². The summed E-state index contributed by atoms with van der Waals surface area (Å²) in [6, 6.07) is 8.62. The van der Waals surface area contributed by atoms with Crippen molar-refractivity contribution in [3.63, 3.8) is 0 Å². The van der Waals surface area contributed by atoms with Crippen molar-refractivity contribution < 1.29 is 0 Å². The van der Waals surface area contributed by atoms with Gasteiger partial charge in [-0.25, -0.2) is 0 Å². The van der Waals surface area contributed by atoms with E-state index in [9.17, 15) is 0 Å². The SMILES string of the molecule is CCC(C1=Cc2ccccc2C(C)N=N1)C(C)(C)C. The highest BCUT2D eigenvalue weighted by atomic mass is 15.1. The van der Waals surface area contributed by atoms with Gasteiger partial charge in [0.2, 0.25) is 0 Å². The molecule has 0 radical (unpaired) electrons. The average molecular weight is 256 g/mol. The Hall–Kier alpha value is -1.44. The van der Waals surface area contributed by atoms with Crippen molar-refractivity contribution in [1.29, 1.82) is 0 Å². The van der Waals surface area contributed by atoms with Crippen LogP contribution in [0.5, 0.6) is 0 Å². The quantitative estimate of drug-likeness (QED) is 0.655. The van der Waals surface area contributed by atoms with E-state index in [0.29, 0.717) is 5.92 Å². The second kappa shape index (κ2) is 5.28. The van der Waals surface area contributed by atoms with Crippen molar-refractivity contribution in [1.82, 2.24) is 0 Å². The zero-order chi connectivity index (χ0) is 14.0. The third-order valence-corrected chi connectivity index (χ3v) is 3.91. The molecule has 19 heavy (non-hydrogen) atoms. The Labute approximate surface area is 116 Å². The summed E-state index contributed by atoms with van der Waals surface area (Å²) in [4.78, 5) is 0. The molecule has 0 aromatic heterocycles. The number of hydrogen-bond acceptors (Lipinski definition) is 2. The Kier molecular flexibility index (Phi) is 3.88. The molecule has 1 heterocycles. The molecule has 1 aromatic rings. The number of nitrogens with zero attached hydrogens (tertiary/aromatic N) is 2. The monoisotopic (exact) mass is 256 g/mol. The fourth-order valence-corrected chi connectivity index (χ4v) is 2.86. The van der Waals surface area contributed by atoms with Crippen molar-refractivity contribution in [3.8, 4) is 0 Å². The normalized spacial score (nSPS) is 20.5. The largest absolute Gasteiger partial charge is 0.181 e. The summed E-state index contributed by atoms with van der Waals surface area (Å²) in [6.45, 7) is 11.2. The van der Waals surface area contributed by atoms with Crippen LogP contribution in [0.25, 0.3) is 6.08 Å². The molecule has 2 heteroatoms. The molecule has 0 spiro atoms. The van der Waals surface area contributed by atoms with Gasteiger partial charge in [-0.1, -0.05) is 52.0 Å². The molecule has 0 N–H and O–H groups in total. The second-order valence-electron chi connectivity index (χ2n) is 6.42. The van der Waals surface area contributed by atoms with E-state index in [2.05, 4.69) is 75.2 Å². The van der Waals surface area contributed by atoms with E-state index in [4.69, 9.17) is 0 Å². The highest BCUT2D eigenvalue weighted by molar-refractivity contribution is 5.58. The molecule has 0 fully saturated rings. The summed E-state index contributed by atoms with van der Waals surface area (Å²) in [7, 11) is 0. The van der Waals surface area contributed by atoms with Crippen LogP contribution in [0, 0.1) is 11.3 Å². The van der Waals surface area contributed by atoms with Crippen molar-refractivity contribution in [3.05, 3.63) is 41.1 Å². The van der Waals surface area contributed by atoms with Crippen LogP contribution in [-0.4, -0.2) is 0 Å². The molecule has 1 aliphatic heterocycles. The number of fused-ring (bicyclic) bond motifs is 1. The van der Waals surface area contributed by atoms with Crippen molar-refractivity contribution in [2.45, 2.75) is 47.1 Å². The molecule has 2 nitrogen and oxygen atoms in total.